The molecule has 0 aliphatic heterocycles. The van der Waals surface area contributed by atoms with E-state index < -0.39 is 0 Å². The Morgan fingerprint density at radius 1 is 0.316 bits per heavy atom. The van der Waals surface area contributed by atoms with Gasteiger partial charge >= 0.3 is 78.6 Å². The fourth-order valence-electron chi connectivity index (χ4n) is 0. The molecule has 19 heteroatoms. The molecule has 0 heterocycles. The molecule has 0 amide bonds. The number of halogens is 4. The Labute approximate surface area is 188 Å². The van der Waals surface area contributed by atoms with E-state index in [-0.39, 0.29) is 128 Å². The molecule has 0 aromatic carbocycles. The number of rotatable bonds is 0. The second kappa shape index (κ2) is 164. The molecule has 0 aromatic rings. The van der Waals surface area contributed by atoms with Crippen molar-refractivity contribution in [2.24, 2.45) is 0 Å². The van der Waals surface area contributed by atoms with Gasteiger partial charge < -0.3 is 112 Å². The summed E-state index contributed by atoms with van der Waals surface area (Å²) < 4.78 is 0. The van der Waals surface area contributed by atoms with E-state index in [2.05, 4.69) is 0 Å². The van der Waals surface area contributed by atoms with E-state index in [1.165, 1.54) is 0 Å². The van der Waals surface area contributed by atoms with E-state index in [0.29, 0.717) is 0 Å². The summed E-state index contributed by atoms with van der Waals surface area (Å²) in [5.74, 6) is 0. The molecule has 0 saturated carbocycles. The first kappa shape index (κ1) is 79.1. The van der Waals surface area contributed by atoms with Gasteiger partial charge in [0.15, 0.2) is 0 Å². The van der Waals surface area contributed by atoms with Gasteiger partial charge in [0, 0.05) is 0 Å². The minimum Gasteiger partial charge on any atom is -1.00 e. The van der Waals surface area contributed by atoms with Gasteiger partial charge in [-0.1, -0.05) is 0 Å². The predicted molar refractivity (Wildman–Crippen MR) is 4.34 cm³/mol. The monoisotopic (exact) mass is 602 g/mol. The minimum atomic E-state index is 0. The normalized spacial score (nSPS) is 3.79. The quantitative estimate of drug-likeness (QED) is 0.185. The maximum absolute atomic E-state index is 7.88. The third-order valence-corrected chi connectivity index (χ3v) is 0. The Bertz CT molecular complexity index is 32.9. The first-order chi connectivity index (χ1) is 5.66. The maximum Gasteiger partial charge on any atom is 4.00 e. The Balaban J connectivity index is -0.00000000444. The van der Waals surface area contributed by atoms with Crippen molar-refractivity contribution in [3.63, 3.8) is 0 Å². The van der Waals surface area contributed by atoms with Crippen molar-refractivity contribution >= 4 is 0 Å². The summed E-state index contributed by atoms with van der Waals surface area (Å²) in [6, 6.07) is 0. The van der Waals surface area contributed by atoms with Crippen LogP contribution in [-0.4, -0.2) is 0 Å². The van der Waals surface area contributed by atoms with Crippen LogP contribution in [0.5, 0.6) is 0 Å². The molecule has 0 aliphatic rings. The summed E-state index contributed by atoms with van der Waals surface area (Å²) >= 11 is 0. The van der Waals surface area contributed by atoms with Crippen molar-refractivity contribution in [2.45, 2.75) is 0 Å². The average Bonchev–Trinajstić information content (AvgIpc) is 1.92. The third-order valence-electron chi connectivity index (χ3n) is 0. The molecule has 0 N–H and O–H groups in total. The molecule has 12 nitrogen and oxygen atoms in total. The van der Waals surface area contributed by atoms with E-state index in [1.807, 2.05) is 0 Å². The first-order valence-corrected chi connectivity index (χ1v) is 1.33. The van der Waals surface area contributed by atoms with E-state index in [4.69, 9.17) is 42.1 Å². The summed E-state index contributed by atoms with van der Waals surface area (Å²) in [5, 5.41) is 70.0. The summed E-state index contributed by atoms with van der Waals surface area (Å²) in [5.41, 5.74) is 0. The molecule has 0 aromatic heterocycles. The molecule has 0 saturated heterocycles. The first-order valence-electron chi connectivity index (χ1n) is 1.33. The molecule has 0 fully saturated rings. The summed E-state index contributed by atoms with van der Waals surface area (Å²) in [4.78, 5) is 0. The van der Waals surface area contributed by atoms with Gasteiger partial charge in [0.2, 0.25) is 0 Å². The molecule has 0 aliphatic carbocycles. The van der Waals surface area contributed by atoms with Crippen molar-refractivity contribution in [1.29, 1.82) is 0 Å². The van der Waals surface area contributed by atoms with Gasteiger partial charge in [0.1, 0.15) is 0 Å². The summed E-state index contributed by atoms with van der Waals surface area (Å²) in [6.07, 6.45) is 0. The zero-order valence-electron chi connectivity index (χ0n) is 7.91. The van der Waals surface area contributed by atoms with Crippen LogP contribution < -0.4 is 91.7 Å². The van der Waals surface area contributed by atoms with Gasteiger partial charge in [0.25, 0.3) is 0 Å². The second-order valence-corrected chi connectivity index (χ2v) is 0.272. The van der Waals surface area contributed by atoms with Gasteiger partial charge in [-0.3, -0.25) is 0 Å². The molecular weight excluding hydrogens is 607 g/mol. The fraction of sp³-hybridized carbons (Fsp3) is 0. The van der Waals surface area contributed by atoms with Crippen LogP contribution in [0.1, 0.15) is 0 Å². The van der Waals surface area contributed by atoms with E-state index in [0.717, 1.165) is 0 Å². The molecule has 0 atom stereocenters. The largest absolute Gasteiger partial charge is 4.00 e. The SMILES string of the molecule is [Cl-].[Cl-].[Cl-].[Cl-].[O-]O[O-].[O-]O[O-].[O-]O[O-].[O-]O[O-].[Zr+4].[Zr+4].[Zr+4]. The molecule has 0 unspecified atom stereocenters. The zero-order valence-corrected chi connectivity index (χ0v) is 18.3. The summed E-state index contributed by atoms with van der Waals surface area (Å²) in [6.45, 7) is 0. The standard InChI is InChI=1S/4ClH.4H2O3.3Zr/c;;;;4*1-3-2;;;/h4*1H;4*1-2H;;;/q;;;;;;;;3*+4/p-12. The van der Waals surface area contributed by atoms with Crippen molar-refractivity contribution in [3.8, 4) is 0 Å². The van der Waals surface area contributed by atoms with Crippen LogP contribution in [0, 0.1) is 0 Å². The van der Waals surface area contributed by atoms with Crippen LogP contribution in [0.3, 0.4) is 0 Å². The molecule has 0 rings (SSSR count). The van der Waals surface area contributed by atoms with Crippen LogP contribution in [0.15, 0.2) is 0 Å². The number of hydrogen-bond acceptors (Lipinski definition) is 12. The molecule has 0 bridgehead atoms. The topological polar surface area (TPSA) is 221 Å². The van der Waals surface area contributed by atoms with Crippen molar-refractivity contribution in [1.82, 2.24) is 0 Å². The Morgan fingerprint density at radius 3 is 0.316 bits per heavy atom. The van der Waals surface area contributed by atoms with E-state index in [9.17, 15) is 0 Å². The second-order valence-electron chi connectivity index (χ2n) is 0.272. The molecular formula is Cl4O12Zr3. The van der Waals surface area contributed by atoms with Crippen LogP contribution in [0.25, 0.3) is 0 Å². The Hall–Kier alpha value is 3.33. The van der Waals surface area contributed by atoms with Gasteiger partial charge in [-0.25, -0.2) is 0 Å². The zero-order chi connectivity index (χ0) is 10.8. The van der Waals surface area contributed by atoms with Crippen LogP contribution in [-0.2, 0) is 98.8 Å². The summed E-state index contributed by atoms with van der Waals surface area (Å²) in [7, 11) is 0. The molecule has 19 heavy (non-hydrogen) atoms. The van der Waals surface area contributed by atoms with Crippen molar-refractivity contribution < 1.29 is 190 Å². The Morgan fingerprint density at radius 2 is 0.316 bits per heavy atom. The smallest absolute Gasteiger partial charge is 1.00 e. The maximum atomic E-state index is 7.88. The van der Waals surface area contributed by atoms with Crippen molar-refractivity contribution in [3.05, 3.63) is 0 Å². The van der Waals surface area contributed by atoms with Crippen LogP contribution in [0.2, 0.25) is 0 Å². The molecule has 0 radical (unpaired) electrons. The van der Waals surface area contributed by atoms with Gasteiger partial charge in [-0.2, -0.15) is 0 Å². The minimum absolute atomic E-state index is 0. The van der Waals surface area contributed by atoms with Gasteiger partial charge in [-0.05, 0) is 0 Å². The fourth-order valence-corrected chi connectivity index (χ4v) is 0. The van der Waals surface area contributed by atoms with E-state index >= 15 is 0 Å². The van der Waals surface area contributed by atoms with Crippen LogP contribution in [0.4, 0.5) is 0 Å². The van der Waals surface area contributed by atoms with Gasteiger partial charge in [0.05, 0.1) is 0 Å². The molecule has 0 spiro atoms. The third kappa shape index (κ3) is 719. The Kier molecular flexibility index (Phi) is 684. The van der Waals surface area contributed by atoms with E-state index in [1.54, 1.807) is 20.2 Å². The predicted octanol–water partition coefficient (Wildman–Crippen LogP) is -21.8. The van der Waals surface area contributed by atoms with Crippen LogP contribution >= 0.6 is 0 Å². The molecule has 112 valence electrons. The average molecular weight is 607 g/mol. The van der Waals surface area contributed by atoms with Gasteiger partial charge in [-0.15, -0.1) is 0 Å². The number of hydrogen-bond donors (Lipinski definition) is 0. The van der Waals surface area contributed by atoms with Crippen molar-refractivity contribution in [2.75, 3.05) is 0 Å².